The molecule has 1 unspecified atom stereocenters. The van der Waals surface area contributed by atoms with Gasteiger partial charge in [-0.2, -0.15) is 5.10 Å². The highest BCUT2D eigenvalue weighted by Crippen LogP contribution is 2.18. The van der Waals surface area contributed by atoms with Gasteiger partial charge in [-0.25, -0.2) is 0 Å². The quantitative estimate of drug-likeness (QED) is 0.741. The Morgan fingerprint density at radius 2 is 2.07 bits per heavy atom. The zero-order valence-corrected chi connectivity index (χ0v) is 16.0. The van der Waals surface area contributed by atoms with E-state index in [2.05, 4.69) is 32.2 Å². The molecule has 1 atom stereocenters. The number of amides is 1. The number of nitrogens with zero attached hydrogens (tertiary/aromatic N) is 5. The molecule has 7 nitrogen and oxygen atoms in total. The van der Waals surface area contributed by atoms with Crippen LogP contribution in [0.15, 0.2) is 55.0 Å². The Bertz CT molecular complexity index is 925. The monoisotopic (exact) mass is 376 g/mol. The number of nitrogens with one attached hydrogen (secondary N) is 1. The van der Waals surface area contributed by atoms with Gasteiger partial charge in [0.05, 0.1) is 11.4 Å². The fourth-order valence-electron chi connectivity index (χ4n) is 3.56. The highest BCUT2D eigenvalue weighted by Gasteiger charge is 2.23. The summed E-state index contributed by atoms with van der Waals surface area (Å²) in [6.07, 6.45) is 7.10. The first kappa shape index (κ1) is 18.3. The van der Waals surface area contributed by atoms with Crippen LogP contribution in [0.25, 0.3) is 0 Å². The average Bonchev–Trinajstić information content (AvgIpc) is 3.01. The molecule has 0 spiro atoms. The molecule has 0 bridgehead atoms. The van der Waals surface area contributed by atoms with Gasteiger partial charge in [-0.3, -0.25) is 24.3 Å². The van der Waals surface area contributed by atoms with Crippen molar-refractivity contribution >= 4 is 11.6 Å². The Morgan fingerprint density at radius 1 is 1.21 bits per heavy atom. The second-order valence-electron chi connectivity index (χ2n) is 7.14. The van der Waals surface area contributed by atoms with Gasteiger partial charge in [0.25, 0.3) is 5.91 Å². The first-order valence-corrected chi connectivity index (χ1v) is 9.61. The van der Waals surface area contributed by atoms with E-state index in [4.69, 9.17) is 0 Å². The number of carbonyl (C=O) groups is 1. The number of fused-ring (bicyclic) bond motifs is 1. The number of para-hydroxylation sites is 1. The van der Waals surface area contributed by atoms with Crippen LogP contribution in [0.3, 0.4) is 0 Å². The Balaban J connectivity index is 1.45. The van der Waals surface area contributed by atoms with Crippen LogP contribution in [0.2, 0.25) is 0 Å². The van der Waals surface area contributed by atoms with E-state index >= 15 is 0 Å². The molecule has 0 radical (unpaired) electrons. The summed E-state index contributed by atoms with van der Waals surface area (Å²) < 4.78 is 1.97. The predicted molar refractivity (Wildman–Crippen MR) is 107 cm³/mol. The number of anilines is 1. The largest absolute Gasteiger partial charge is 0.321 e. The van der Waals surface area contributed by atoms with Gasteiger partial charge < -0.3 is 5.32 Å². The maximum absolute atomic E-state index is 12.6. The minimum Gasteiger partial charge on any atom is -0.321 e. The lowest BCUT2D eigenvalue weighted by Crippen LogP contribution is -2.34. The van der Waals surface area contributed by atoms with Crippen LogP contribution in [-0.2, 0) is 19.5 Å². The van der Waals surface area contributed by atoms with Gasteiger partial charge in [-0.15, -0.1) is 0 Å². The maximum Gasteiger partial charge on any atom is 0.276 e. The van der Waals surface area contributed by atoms with Crippen molar-refractivity contribution in [2.24, 2.45) is 0 Å². The molecule has 4 rings (SSSR count). The van der Waals surface area contributed by atoms with E-state index in [0.29, 0.717) is 11.7 Å². The van der Waals surface area contributed by atoms with Crippen LogP contribution in [-0.4, -0.2) is 43.1 Å². The Labute approximate surface area is 164 Å². The molecular formula is C21H24N6O. The van der Waals surface area contributed by atoms with Crippen molar-refractivity contribution in [3.63, 3.8) is 0 Å². The first-order valence-electron chi connectivity index (χ1n) is 9.61. The fourth-order valence-corrected chi connectivity index (χ4v) is 3.56. The zero-order valence-electron chi connectivity index (χ0n) is 16.0. The summed E-state index contributed by atoms with van der Waals surface area (Å²) in [6.45, 7) is 4.80. The molecule has 0 fully saturated rings. The number of hydrogen-bond donors (Lipinski definition) is 1. The van der Waals surface area contributed by atoms with Crippen molar-refractivity contribution in [2.45, 2.75) is 38.9 Å². The van der Waals surface area contributed by atoms with Crippen molar-refractivity contribution in [1.29, 1.82) is 0 Å². The normalized spacial score (nSPS) is 15.5. The second-order valence-corrected chi connectivity index (χ2v) is 7.14. The molecule has 3 aromatic rings. The summed E-state index contributed by atoms with van der Waals surface area (Å²) in [5.74, 6) is -0.175. The van der Waals surface area contributed by atoms with Crippen LogP contribution >= 0.6 is 0 Å². The number of aromatic nitrogens is 4. The minimum atomic E-state index is -0.175. The van der Waals surface area contributed by atoms with Gasteiger partial charge in [-0.05, 0) is 31.5 Å². The SMILES string of the molecule is CC(Cc1cnccn1)N1CCCn2nc(C(=O)Nc3ccccc3)cc2C1. The van der Waals surface area contributed by atoms with Gasteiger partial charge in [0, 0.05) is 56.4 Å². The molecule has 1 amide bonds. The van der Waals surface area contributed by atoms with Gasteiger partial charge >= 0.3 is 0 Å². The molecule has 3 heterocycles. The molecular weight excluding hydrogens is 352 g/mol. The van der Waals surface area contributed by atoms with Gasteiger partial charge in [0.2, 0.25) is 0 Å². The molecule has 1 N–H and O–H groups in total. The van der Waals surface area contributed by atoms with E-state index in [9.17, 15) is 4.79 Å². The Hall–Kier alpha value is -3.06. The third kappa shape index (κ3) is 4.26. The van der Waals surface area contributed by atoms with Crippen LogP contribution in [0.4, 0.5) is 5.69 Å². The standard InChI is InChI=1S/C21H24N6O/c1-16(12-18-14-22-8-9-23-18)26-10-5-11-27-19(15-26)13-20(25-27)21(28)24-17-6-3-2-4-7-17/h2-4,6-9,13-14,16H,5,10-12,15H2,1H3,(H,24,28). The Morgan fingerprint density at radius 3 is 2.86 bits per heavy atom. The molecule has 2 aromatic heterocycles. The van der Waals surface area contributed by atoms with Gasteiger partial charge in [-0.1, -0.05) is 18.2 Å². The number of benzene rings is 1. The molecule has 0 aliphatic carbocycles. The zero-order chi connectivity index (χ0) is 19.3. The smallest absolute Gasteiger partial charge is 0.276 e. The van der Waals surface area contributed by atoms with E-state index < -0.39 is 0 Å². The van der Waals surface area contributed by atoms with Crippen LogP contribution in [0.1, 0.15) is 35.2 Å². The van der Waals surface area contributed by atoms with E-state index in [1.165, 1.54) is 0 Å². The average molecular weight is 376 g/mol. The van der Waals surface area contributed by atoms with Gasteiger partial charge in [0.1, 0.15) is 0 Å². The summed E-state index contributed by atoms with van der Waals surface area (Å²) in [7, 11) is 0. The summed E-state index contributed by atoms with van der Waals surface area (Å²) >= 11 is 0. The molecule has 1 aromatic carbocycles. The van der Waals surface area contributed by atoms with Crippen LogP contribution in [0.5, 0.6) is 0 Å². The van der Waals surface area contributed by atoms with Crippen molar-refractivity contribution in [3.8, 4) is 0 Å². The predicted octanol–water partition coefficient (Wildman–Crippen LogP) is 2.76. The summed E-state index contributed by atoms with van der Waals surface area (Å²) in [5, 5.41) is 7.45. The molecule has 1 aliphatic rings. The molecule has 7 heteroatoms. The highest BCUT2D eigenvalue weighted by molar-refractivity contribution is 6.02. The third-order valence-corrected chi connectivity index (χ3v) is 5.05. The lowest BCUT2D eigenvalue weighted by Gasteiger charge is -2.26. The third-order valence-electron chi connectivity index (χ3n) is 5.05. The van der Waals surface area contributed by atoms with Crippen molar-refractivity contribution in [2.75, 3.05) is 11.9 Å². The van der Waals surface area contributed by atoms with Crippen molar-refractivity contribution in [3.05, 3.63) is 72.1 Å². The Kier molecular flexibility index (Phi) is 5.43. The summed E-state index contributed by atoms with van der Waals surface area (Å²) in [4.78, 5) is 23.5. The van der Waals surface area contributed by atoms with E-state index in [1.54, 1.807) is 12.4 Å². The summed E-state index contributed by atoms with van der Waals surface area (Å²) in [5.41, 5.74) is 3.30. The van der Waals surface area contributed by atoms with Crippen molar-refractivity contribution < 1.29 is 4.79 Å². The first-order chi connectivity index (χ1) is 13.7. The topological polar surface area (TPSA) is 75.9 Å². The molecule has 1 aliphatic heterocycles. The second kappa shape index (κ2) is 8.31. The van der Waals surface area contributed by atoms with E-state index in [-0.39, 0.29) is 5.91 Å². The number of hydrogen-bond acceptors (Lipinski definition) is 5. The van der Waals surface area contributed by atoms with Crippen molar-refractivity contribution in [1.82, 2.24) is 24.6 Å². The number of rotatable bonds is 5. The molecule has 0 saturated heterocycles. The van der Waals surface area contributed by atoms with Gasteiger partial charge in [0.15, 0.2) is 5.69 Å². The minimum absolute atomic E-state index is 0.175. The van der Waals surface area contributed by atoms with Crippen LogP contribution < -0.4 is 5.32 Å². The fraction of sp³-hybridized carbons (Fsp3) is 0.333. The summed E-state index contributed by atoms with van der Waals surface area (Å²) in [6, 6.07) is 11.7. The number of aryl methyl sites for hydroxylation is 1. The molecule has 28 heavy (non-hydrogen) atoms. The highest BCUT2D eigenvalue weighted by atomic mass is 16.1. The maximum atomic E-state index is 12.6. The van der Waals surface area contributed by atoms with E-state index in [0.717, 1.165) is 49.6 Å². The van der Waals surface area contributed by atoms with Crippen LogP contribution in [0, 0.1) is 0 Å². The molecule has 0 saturated carbocycles. The number of carbonyl (C=O) groups excluding carboxylic acids is 1. The molecule has 144 valence electrons. The van der Waals surface area contributed by atoms with E-state index in [1.807, 2.05) is 47.3 Å². The lowest BCUT2D eigenvalue weighted by molar-refractivity contribution is 0.102. The lowest BCUT2D eigenvalue weighted by atomic mass is 10.1.